The van der Waals surface area contributed by atoms with E-state index in [-0.39, 0.29) is 38.6 Å². The molecule has 0 unspecified atom stereocenters. The van der Waals surface area contributed by atoms with Crippen molar-refractivity contribution >= 4 is 35.5 Å². The molecule has 2 aromatic rings. The van der Waals surface area contributed by atoms with Crippen molar-refractivity contribution in [1.82, 2.24) is 0 Å². The van der Waals surface area contributed by atoms with Gasteiger partial charge >= 0.3 is 11.9 Å². The van der Waals surface area contributed by atoms with Crippen LogP contribution in [0, 0.1) is 0 Å². The summed E-state index contributed by atoms with van der Waals surface area (Å²) in [6.07, 6.45) is -0.593. The zero-order chi connectivity index (χ0) is 33.9. The maximum Gasteiger partial charge on any atom is 0.303 e. The number of hydrogen-bond donors (Lipinski definition) is 4. The molecule has 0 radical (unpaired) electrons. The Kier molecular flexibility index (Phi) is 12.4. The van der Waals surface area contributed by atoms with Crippen molar-refractivity contribution in [1.29, 1.82) is 0 Å². The molecule has 0 aromatic heterocycles. The Bertz CT molecular complexity index is 1130. The summed E-state index contributed by atoms with van der Waals surface area (Å²) in [5.74, 6) is -1.31. The number of benzene rings is 2. The molecule has 0 bridgehead atoms. The first-order chi connectivity index (χ1) is 19.1. The van der Waals surface area contributed by atoms with E-state index >= 15 is 0 Å². The maximum absolute atomic E-state index is 11.1. The minimum absolute atomic E-state index is 0.155. The van der Waals surface area contributed by atoms with Gasteiger partial charge in [0.15, 0.2) is 0 Å². The van der Waals surface area contributed by atoms with Crippen molar-refractivity contribution in [2.45, 2.75) is 145 Å². The lowest BCUT2D eigenvalue weighted by atomic mass is 9.79. The first-order valence-corrected chi connectivity index (χ1v) is 16.3. The Hall–Kier alpha value is -2.32. The van der Waals surface area contributed by atoms with E-state index in [0.29, 0.717) is 11.5 Å². The van der Waals surface area contributed by atoms with Gasteiger partial charge in [0.2, 0.25) is 0 Å². The van der Waals surface area contributed by atoms with Crippen LogP contribution in [0.5, 0.6) is 11.5 Å². The topological polar surface area (TPSA) is 115 Å². The van der Waals surface area contributed by atoms with E-state index < -0.39 is 11.9 Å². The third-order valence-corrected chi connectivity index (χ3v) is 9.10. The molecule has 2 rings (SSSR count). The van der Waals surface area contributed by atoms with Gasteiger partial charge in [0, 0.05) is 32.0 Å². The Labute approximate surface area is 268 Å². The van der Waals surface area contributed by atoms with Gasteiger partial charge in [-0.05, 0) is 59.8 Å². The summed E-state index contributed by atoms with van der Waals surface area (Å²) >= 11 is 3.66. The average molecular weight is 635 g/mol. The Balaban J connectivity index is 0.00000101. The van der Waals surface area contributed by atoms with E-state index in [2.05, 4.69) is 121 Å². The number of phenols is 2. The molecule has 0 saturated carbocycles. The lowest BCUT2D eigenvalue weighted by Gasteiger charge is -2.31. The van der Waals surface area contributed by atoms with E-state index in [0.717, 1.165) is 22.3 Å². The van der Waals surface area contributed by atoms with Crippen LogP contribution in [0.4, 0.5) is 0 Å². The predicted molar refractivity (Wildman–Crippen MR) is 181 cm³/mol. The van der Waals surface area contributed by atoms with Gasteiger partial charge in [-0.1, -0.05) is 83.1 Å². The van der Waals surface area contributed by atoms with Crippen molar-refractivity contribution in [3.05, 3.63) is 46.5 Å². The van der Waals surface area contributed by atoms with Gasteiger partial charge in [-0.15, -0.1) is 23.5 Å². The standard InChI is InChI=1S/C31H48O2S2.C4H6O4/c1-27(2,3)21-15-19(16-22(25(21)32)28(4,5)6)34-31(13,14)35-20-17-23(29(7,8)9)26(33)24(18-20)30(10,11)12;5-3(6)1-2-4(7)8/h15-18,32-33H,1-14H3;1-2H2,(H,5,6)(H,7,8). The Morgan fingerprint density at radius 1 is 0.512 bits per heavy atom. The quantitative estimate of drug-likeness (QED) is 0.176. The van der Waals surface area contributed by atoms with Gasteiger partial charge < -0.3 is 20.4 Å². The van der Waals surface area contributed by atoms with Gasteiger partial charge in [-0.25, -0.2) is 0 Å². The monoisotopic (exact) mass is 634 g/mol. The second-order valence-corrected chi connectivity index (χ2v) is 19.3. The van der Waals surface area contributed by atoms with Crippen LogP contribution in [-0.4, -0.2) is 36.4 Å². The third kappa shape index (κ3) is 11.9. The van der Waals surface area contributed by atoms with E-state index in [1.54, 1.807) is 0 Å². The van der Waals surface area contributed by atoms with Crippen molar-refractivity contribution in [3.63, 3.8) is 0 Å². The molecule has 0 amide bonds. The number of hydrogen-bond acceptors (Lipinski definition) is 6. The fraction of sp³-hybridized carbons (Fsp3) is 0.600. The number of rotatable bonds is 7. The van der Waals surface area contributed by atoms with Crippen LogP contribution in [0.25, 0.3) is 0 Å². The lowest BCUT2D eigenvalue weighted by molar-refractivity contribution is -0.143. The van der Waals surface area contributed by atoms with Gasteiger partial charge in [0.05, 0.1) is 16.9 Å². The summed E-state index contributed by atoms with van der Waals surface area (Å²) in [5, 5.41) is 38.0. The molecule has 8 heteroatoms. The zero-order valence-corrected chi connectivity index (χ0v) is 30.3. The molecule has 2 aromatic carbocycles. The fourth-order valence-corrected chi connectivity index (χ4v) is 7.01. The van der Waals surface area contributed by atoms with Crippen molar-refractivity contribution in [3.8, 4) is 11.5 Å². The number of carboxylic acid groups (broad SMARTS) is 2. The largest absolute Gasteiger partial charge is 0.507 e. The number of carboxylic acids is 2. The second-order valence-electron chi connectivity index (χ2n) is 15.6. The molecule has 0 aliphatic rings. The van der Waals surface area contributed by atoms with Gasteiger partial charge in [0.1, 0.15) is 11.5 Å². The van der Waals surface area contributed by atoms with Crippen molar-refractivity contribution < 1.29 is 30.0 Å². The van der Waals surface area contributed by atoms with E-state index in [9.17, 15) is 19.8 Å². The first-order valence-electron chi connectivity index (χ1n) is 14.6. The minimum Gasteiger partial charge on any atom is -0.507 e. The van der Waals surface area contributed by atoms with Crippen LogP contribution in [0.3, 0.4) is 0 Å². The smallest absolute Gasteiger partial charge is 0.303 e. The highest BCUT2D eigenvalue weighted by Gasteiger charge is 2.31. The molecule has 0 aliphatic carbocycles. The fourth-order valence-electron chi connectivity index (χ4n) is 4.42. The molecular formula is C35H54O6S2. The molecule has 4 N–H and O–H groups in total. The summed E-state index contributed by atoms with van der Waals surface area (Å²) in [6, 6.07) is 8.65. The Morgan fingerprint density at radius 3 is 0.884 bits per heavy atom. The molecule has 0 spiro atoms. The highest BCUT2D eigenvalue weighted by atomic mass is 32.2. The summed E-state index contributed by atoms with van der Waals surface area (Å²) in [7, 11) is 0. The van der Waals surface area contributed by atoms with E-state index in [4.69, 9.17) is 10.2 Å². The van der Waals surface area contributed by atoms with Crippen LogP contribution in [0.2, 0.25) is 0 Å². The highest BCUT2D eigenvalue weighted by molar-refractivity contribution is 8.18. The molecular weight excluding hydrogens is 581 g/mol. The molecule has 43 heavy (non-hydrogen) atoms. The van der Waals surface area contributed by atoms with Gasteiger partial charge in [-0.2, -0.15) is 0 Å². The number of aromatic hydroxyl groups is 2. The minimum atomic E-state index is -1.08. The normalized spacial score (nSPS) is 12.9. The number of carbonyl (C=O) groups is 2. The van der Waals surface area contributed by atoms with Gasteiger partial charge in [-0.3, -0.25) is 9.59 Å². The zero-order valence-electron chi connectivity index (χ0n) is 28.6. The average Bonchev–Trinajstić information content (AvgIpc) is 2.76. The molecule has 0 saturated heterocycles. The van der Waals surface area contributed by atoms with Crippen LogP contribution < -0.4 is 0 Å². The third-order valence-electron chi connectivity index (χ3n) is 6.68. The van der Waals surface area contributed by atoms with Gasteiger partial charge in [0.25, 0.3) is 0 Å². The highest BCUT2D eigenvalue weighted by Crippen LogP contribution is 2.50. The van der Waals surface area contributed by atoms with Crippen LogP contribution in [-0.2, 0) is 31.2 Å². The summed E-state index contributed by atoms with van der Waals surface area (Å²) in [5.41, 5.74) is 3.34. The lowest BCUT2D eigenvalue weighted by Crippen LogP contribution is -2.19. The number of phenolic OH excluding ortho intramolecular Hbond substituents is 2. The molecule has 0 fully saturated rings. The van der Waals surface area contributed by atoms with Crippen LogP contribution in [0.1, 0.15) is 132 Å². The summed E-state index contributed by atoms with van der Waals surface area (Å²) in [6.45, 7) is 30.4. The SMILES string of the molecule is CC(C)(Sc1cc(C(C)(C)C)c(O)c(C(C)(C)C)c1)Sc1cc(C(C)(C)C)c(O)c(C(C)(C)C)c1.O=C(O)CCC(=O)O. The second kappa shape index (κ2) is 13.8. The Morgan fingerprint density at radius 2 is 0.721 bits per heavy atom. The van der Waals surface area contributed by atoms with Crippen LogP contribution in [0.15, 0.2) is 34.1 Å². The maximum atomic E-state index is 11.1. The van der Waals surface area contributed by atoms with Crippen molar-refractivity contribution in [2.75, 3.05) is 0 Å². The predicted octanol–water partition coefficient (Wildman–Crippen LogP) is 9.84. The molecule has 242 valence electrons. The molecule has 0 atom stereocenters. The summed E-state index contributed by atoms with van der Waals surface area (Å²) in [4.78, 5) is 21.6. The molecule has 0 heterocycles. The van der Waals surface area contributed by atoms with Crippen LogP contribution >= 0.6 is 23.5 Å². The number of aliphatic carboxylic acids is 2. The first kappa shape index (κ1) is 38.7. The molecule has 6 nitrogen and oxygen atoms in total. The van der Waals surface area contributed by atoms with E-state index in [1.807, 2.05) is 23.5 Å². The van der Waals surface area contributed by atoms with E-state index in [1.165, 1.54) is 9.79 Å². The van der Waals surface area contributed by atoms with Crippen molar-refractivity contribution in [2.24, 2.45) is 0 Å². The summed E-state index contributed by atoms with van der Waals surface area (Å²) < 4.78 is -0.164. The number of thioether (sulfide) groups is 2. The molecule has 0 aliphatic heterocycles.